The van der Waals surface area contributed by atoms with Gasteiger partial charge in [-0.2, -0.15) is 0 Å². The number of thioether (sulfide) groups is 1. The third-order valence-electron chi connectivity index (χ3n) is 4.02. The number of anilines is 1. The molecule has 0 aliphatic carbocycles. The van der Waals surface area contributed by atoms with E-state index in [0.717, 1.165) is 56.1 Å². The van der Waals surface area contributed by atoms with E-state index in [9.17, 15) is 0 Å². The van der Waals surface area contributed by atoms with Crippen molar-refractivity contribution < 1.29 is 4.74 Å². The molecule has 3 rings (SSSR count). The van der Waals surface area contributed by atoms with Crippen molar-refractivity contribution in [2.45, 2.75) is 6.54 Å². The van der Waals surface area contributed by atoms with E-state index in [1.807, 2.05) is 0 Å². The predicted octanol–water partition coefficient (Wildman–Crippen LogP) is 2.25. The maximum absolute atomic E-state index is 5.40. The maximum Gasteiger partial charge on any atom is 0.137 e. The third-order valence-corrected chi connectivity index (χ3v) is 5.53. The van der Waals surface area contributed by atoms with Crippen LogP contribution in [0.2, 0.25) is 0 Å². The van der Waals surface area contributed by atoms with Gasteiger partial charge in [0.25, 0.3) is 0 Å². The Kier molecular flexibility index (Phi) is 5.57. The monoisotopic (exact) mass is 337 g/mol. The van der Waals surface area contributed by atoms with E-state index in [-0.39, 0.29) is 0 Å². The van der Waals surface area contributed by atoms with E-state index in [1.54, 1.807) is 11.8 Å². The van der Waals surface area contributed by atoms with Gasteiger partial charge in [0.2, 0.25) is 0 Å². The normalized spacial score (nSPS) is 19.3. The van der Waals surface area contributed by atoms with Gasteiger partial charge in [-0.1, -0.05) is 36.1 Å². The fourth-order valence-electron chi connectivity index (χ4n) is 2.84. The molecule has 2 aliphatic heterocycles. The van der Waals surface area contributed by atoms with Crippen LogP contribution in [-0.2, 0) is 11.3 Å². The minimum absolute atomic E-state index is 0.832. The first kappa shape index (κ1) is 16.1. The zero-order valence-corrected chi connectivity index (χ0v) is 14.7. The molecular weight excluding hydrogens is 314 g/mol. The fourth-order valence-corrected chi connectivity index (χ4v) is 4.06. The highest BCUT2D eigenvalue weighted by Crippen LogP contribution is 2.19. The Morgan fingerprint density at radius 3 is 2.55 bits per heavy atom. The van der Waals surface area contributed by atoms with Gasteiger partial charge in [0.15, 0.2) is 0 Å². The third kappa shape index (κ3) is 4.13. The second-order valence-corrected chi connectivity index (χ2v) is 7.53. The van der Waals surface area contributed by atoms with Gasteiger partial charge in [0.1, 0.15) is 4.32 Å². The number of morpholine rings is 1. The van der Waals surface area contributed by atoms with Crippen molar-refractivity contribution >= 4 is 34.0 Å². The lowest BCUT2D eigenvalue weighted by molar-refractivity contribution is 0.122. The van der Waals surface area contributed by atoms with E-state index in [4.69, 9.17) is 17.0 Å². The molecule has 4 nitrogen and oxygen atoms in total. The van der Waals surface area contributed by atoms with Crippen LogP contribution in [0.15, 0.2) is 24.3 Å². The Labute approximate surface area is 142 Å². The molecule has 2 heterocycles. The first-order chi connectivity index (χ1) is 10.7. The molecule has 0 aromatic heterocycles. The average molecular weight is 338 g/mol. The summed E-state index contributed by atoms with van der Waals surface area (Å²) in [6, 6.07) is 8.92. The van der Waals surface area contributed by atoms with Gasteiger partial charge in [-0.3, -0.25) is 4.90 Å². The first-order valence-corrected chi connectivity index (χ1v) is 9.13. The summed E-state index contributed by atoms with van der Waals surface area (Å²) >= 11 is 7.15. The molecule has 0 spiro atoms. The highest BCUT2D eigenvalue weighted by Gasteiger charge is 2.18. The molecule has 2 saturated heterocycles. The Bertz CT molecular complexity index is 503. The van der Waals surface area contributed by atoms with Gasteiger partial charge in [0.05, 0.1) is 19.9 Å². The van der Waals surface area contributed by atoms with Gasteiger partial charge in [-0.15, -0.1) is 0 Å². The van der Waals surface area contributed by atoms with Crippen molar-refractivity contribution in [2.75, 3.05) is 57.2 Å². The average Bonchev–Trinajstić information content (AvgIpc) is 2.94. The topological polar surface area (TPSA) is 19.0 Å². The minimum Gasteiger partial charge on any atom is -0.378 e. The minimum atomic E-state index is 0.832. The van der Waals surface area contributed by atoms with E-state index >= 15 is 0 Å². The van der Waals surface area contributed by atoms with Gasteiger partial charge >= 0.3 is 0 Å². The molecule has 1 aromatic rings. The smallest absolute Gasteiger partial charge is 0.137 e. The summed E-state index contributed by atoms with van der Waals surface area (Å²) in [6.07, 6.45) is 0. The van der Waals surface area contributed by atoms with Crippen LogP contribution in [0.25, 0.3) is 0 Å². The van der Waals surface area contributed by atoms with Gasteiger partial charge in [-0.25, -0.2) is 0 Å². The van der Waals surface area contributed by atoms with E-state index in [1.165, 1.54) is 11.3 Å². The molecule has 120 valence electrons. The maximum atomic E-state index is 5.40. The number of hydrogen-bond donors (Lipinski definition) is 0. The van der Waals surface area contributed by atoms with Crippen LogP contribution < -0.4 is 4.90 Å². The molecule has 0 N–H and O–H groups in total. The Hall–Kier alpha value is -0.820. The Morgan fingerprint density at radius 2 is 1.91 bits per heavy atom. The molecule has 1 aromatic carbocycles. The van der Waals surface area contributed by atoms with E-state index in [2.05, 4.69) is 46.0 Å². The van der Waals surface area contributed by atoms with E-state index in [0.29, 0.717) is 0 Å². The van der Waals surface area contributed by atoms with Crippen molar-refractivity contribution in [1.82, 2.24) is 9.80 Å². The molecule has 0 amide bonds. The predicted molar refractivity (Wildman–Crippen MR) is 97.6 cm³/mol. The molecule has 0 unspecified atom stereocenters. The number of benzene rings is 1. The van der Waals surface area contributed by atoms with Crippen LogP contribution in [0, 0.1) is 0 Å². The summed E-state index contributed by atoms with van der Waals surface area (Å²) in [5.41, 5.74) is 2.64. The second-order valence-electron chi connectivity index (χ2n) is 5.80. The SMILES string of the molecule is CN(Cc1ccc(N2CCOCC2)cc1)CN1CCSC1=S. The Morgan fingerprint density at radius 1 is 1.18 bits per heavy atom. The number of ether oxygens (including phenoxy) is 1. The lowest BCUT2D eigenvalue weighted by Crippen LogP contribution is -2.36. The van der Waals surface area contributed by atoms with Crippen LogP contribution in [0.3, 0.4) is 0 Å². The molecule has 0 atom stereocenters. The van der Waals surface area contributed by atoms with E-state index < -0.39 is 0 Å². The van der Waals surface area contributed by atoms with Gasteiger partial charge < -0.3 is 14.5 Å². The van der Waals surface area contributed by atoms with Gasteiger partial charge in [-0.05, 0) is 24.7 Å². The first-order valence-electron chi connectivity index (χ1n) is 7.74. The quantitative estimate of drug-likeness (QED) is 0.762. The summed E-state index contributed by atoms with van der Waals surface area (Å²) < 4.78 is 6.44. The number of hydrogen-bond acceptors (Lipinski definition) is 5. The van der Waals surface area contributed by atoms with Crippen LogP contribution >= 0.6 is 24.0 Å². The second kappa shape index (κ2) is 7.64. The number of rotatable bonds is 5. The molecule has 0 radical (unpaired) electrons. The molecule has 6 heteroatoms. The molecule has 22 heavy (non-hydrogen) atoms. The van der Waals surface area contributed by atoms with Crippen molar-refractivity contribution in [2.24, 2.45) is 0 Å². The lowest BCUT2D eigenvalue weighted by atomic mass is 10.2. The molecule has 0 bridgehead atoms. The lowest BCUT2D eigenvalue weighted by Gasteiger charge is -2.29. The van der Waals surface area contributed by atoms with Gasteiger partial charge in [0, 0.05) is 37.6 Å². The largest absolute Gasteiger partial charge is 0.378 e. The van der Waals surface area contributed by atoms with Crippen LogP contribution in [0.5, 0.6) is 0 Å². The zero-order chi connectivity index (χ0) is 15.4. The Balaban J connectivity index is 1.52. The standard InChI is InChI=1S/C16H23N3OS2/c1-17(13-19-8-11-22-16(19)21)12-14-2-4-15(5-3-14)18-6-9-20-10-7-18/h2-5H,6-13H2,1H3. The summed E-state index contributed by atoms with van der Waals surface area (Å²) in [6.45, 7) is 6.58. The fraction of sp³-hybridized carbons (Fsp3) is 0.562. The van der Waals surface area contributed by atoms with Crippen molar-refractivity contribution in [3.05, 3.63) is 29.8 Å². The van der Waals surface area contributed by atoms with Crippen molar-refractivity contribution in [3.63, 3.8) is 0 Å². The molecule has 2 fully saturated rings. The highest BCUT2D eigenvalue weighted by molar-refractivity contribution is 8.23. The zero-order valence-electron chi connectivity index (χ0n) is 13.0. The van der Waals surface area contributed by atoms with Crippen LogP contribution in [0.1, 0.15) is 5.56 Å². The summed E-state index contributed by atoms with van der Waals surface area (Å²) in [5, 5.41) is 0. The van der Waals surface area contributed by atoms with Crippen molar-refractivity contribution in [1.29, 1.82) is 0 Å². The molecular formula is C16H23N3OS2. The van der Waals surface area contributed by atoms with Crippen LogP contribution in [-0.4, -0.2) is 66.4 Å². The molecule has 0 saturated carbocycles. The summed E-state index contributed by atoms with van der Waals surface area (Å²) in [5.74, 6) is 1.13. The summed E-state index contributed by atoms with van der Waals surface area (Å²) in [4.78, 5) is 6.99. The number of thiocarbonyl (C=S) groups is 1. The highest BCUT2D eigenvalue weighted by atomic mass is 32.2. The van der Waals surface area contributed by atoms with Crippen LogP contribution in [0.4, 0.5) is 5.69 Å². The van der Waals surface area contributed by atoms with Crippen molar-refractivity contribution in [3.8, 4) is 0 Å². The molecule has 2 aliphatic rings. The number of nitrogens with zero attached hydrogens (tertiary/aromatic N) is 3. The summed E-state index contributed by atoms with van der Waals surface area (Å²) in [7, 11) is 2.15.